The molecule has 8 nitrogen and oxygen atoms in total. The first-order valence-electron chi connectivity index (χ1n) is 10.9. The molecule has 36 heavy (non-hydrogen) atoms. The van der Waals surface area contributed by atoms with Crippen molar-refractivity contribution in [2.45, 2.75) is 23.9 Å². The molecule has 0 radical (unpaired) electrons. The summed E-state index contributed by atoms with van der Waals surface area (Å²) >= 11 is 4.66. The van der Waals surface area contributed by atoms with E-state index in [-0.39, 0.29) is 23.9 Å². The minimum absolute atomic E-state index is 0.0156. The van der Waals surface area contributed by atoms with Gasteiger partial charge >= 0.3 is 0 Å². The number of hydrogen-bond acceptors (Lipinski definition) is 7. The Kier molecular flexibility index (Phi) is 8.21. The van der Waals surface area contributed by atoms with Crippen molar-refractivity contribution in [3.05, 3.63) is 104 Å². The summed E-state index contributed by atoms with van der Waals surface area (Å²) in [5, 5.41) is 20.0. The van der Waals surface area contributed by atoms with Crippen LogP contribution in [0.4, 0.5) is 4.39 Å². The van der Waals surface area contributed by atoms with Crippen LogP contribution in [-0.4, -0.2) is 33.3 Å². The second-order valence-corrected chi connectivity index (χ2v) is 9.83. The fourth-order valence-electron chi connectivity index (χ4n) is 3.58. The molecule has 186 valence electrons. The van der Waals surface area contributed by atoms with E-state index in [2.05, 4.69) is 26.1 Å². The SMILES string of the molecule is COc1ccc(-n2c(C)nnc2S[C@H](C[N+](=O)[O-])c2cc(Br)ccc2OCc2ccccc2F)cc1. The summed E-state index contributed by atoms with van der Waals surface area (Å²) in [6.07, 6.45) is 0. The first-order valence-corrected chi connectivity index (χ1v) is 12.5. The number of aromatic nitrogens is 3. The Morgan fingerprint density at radius 2 is 1.89 bits per heavy atom. The van der Waals surface area contributed by atoms with Gasteiger partial charge in [-0.3, -0.25) is 14.7 Å². The van der Waals surface area contributed by atoms with E-state index in [1.165, 1.54) is 17.8 Å². The van der Waals surface area contributed by atoms with E-state index in [4.69, 9.17) is 9.47 Å². The number of nitrogens with zero attached hydrogens (tertiary/aromatic N) is 4. The number of methoxy groups -OCH3 is 1. The zero-order chi connectivity index (χ0) is 25.7. The fourth-order valence-corrected chi connectivity index (χ4v) is 5.15. The molecule has 4 rings (SSSR count). The number of rotatable bonds is 10. The number of halogens is 2. The molecule has 1 atom stereocenters. The molecular weight excluding hydrogens is 551 g/mol. The van der Waals surface area contributed by atoms with Crippen molar-refractivity contribution < 1.29 is 18.8 Å². The Balaban J connectivity index is 1.68. The van der Waals surface area contributed by atoms with Crippen LogP contribution in [0.5, 0.6) is 11.5 Å². The maximum atomic E-state index is 14.1. The van der Waals surface area contributed by atoms with Crippen molar-refractivity contribution in [1.82, 2.24) is 14.8 Å². The number of ether oxygens (including phenoxy) is 2. The Labute approximate surface area is 219 Å². The predicted molar refractivity (Wildman–Crippen MR) is 138 cm³/mol. The lowest BCUT2D eigenvalue weighted by Gasteiger charge is -2.18. The first kappa shape index (κ1) is 25.6. The number of hydrogen-bond donors (Lipinski definition) is 0. The molecule has 0 fully saturated rings. The van der Waals surface area contributed by atoms with Crippen LogP contribution in [0.2, 0.25) is 0 Å². The van der Waals surface area contributed by atoms with Crippen LogP contribution in [0.1, 0.15) is 22.2 Å². The highest BCUT2D eigenvalue weighted by molar-refractivity contribution is 9.10. The van der Waals surface area contributed by atoms with E-state index in [0.29, 0.717) is 33.6 Å². The van der Waals surface area contributed by atoms with Crippen LogP contribution in [0.25, 0.3) is 5.69 Å². The molecule has 0 aliphatic carbocycles. The number of benzene rings is 3. The number of aryl methyl sites for hydroxylation is 1. The highest BCUT2D eigenvalue weighted by Crippen LogP contribution is 2.41. The quantitative estimate of drug-likeness (QED) is 0.127. The lowest BCUT2D eigenvalue weighted by atomic mass is 10.1. The van der Waals surface area contributed by atoms with Crippen molar-refractivity contribution >= 4 is 27.7 Å². The molecule has 0 N–H and O–H groups in total. The molecule has 0 spiro atoms. The molecule has 1 aromatic heterocycles. The van der Waals surface area contributed by atoms with Gasteiger partial charge in [-0.25, -0.2) is 4.39 Å². The lowest BCUT2D eigenvalue weighted by Crippen LogP contribution is -2.13. The van der Waals surface area contributed by atoms with Gasteiger partial charge in [-0.05, 0) is 55.5 Å². The van der Waals surface area contributed by atoms with E-state index < -0.39 is 5.25 Å². The van der Waals surface area contributed by atoms with Crippen LogP contribution in [0, 0.1) is 22.9 Å². The average molecular weight is 573 g/mol. The second-order valence-electron chi connectivity index (χ2n) is 7.75. The summed E-state index contributed by atoms with van der Waals surface area (Å²) in [4.78, 5) is 11.3. The van der Waals surface area contributed by atoms with E-state index in [0.717, 1.165) is 10.2 Å². The molecule has 0 saturated heterocycles. The van der Waals surface area contributed by atoms with Gasteiger partial charge in [-0.1, -0.05) is 45.9 Å². The van der Waals surface area contributed by atoms with Crippen molar-refractivity contribution in [1.29, 1.82) is 0 Å². The van der Waals surface area contributed by atoms with E-state index >= 15 is 0 Å². The maximum absolute atomic E-state index is 14.1. The average Bonchev–Trinajstić information content (AvgIpc) is 3.23. The van der Waals surface area contributed by atoms with Crippen molar-refractivity contribution in [2.75, 3.05) is 13.7 Å². The molecule has 0 unspecified atom stereocenters. The van der Waals surface area contributed by atoms with Gasteiger partial charge in [-0.15, -0.1) is 10.2 Å². The highest BCUT2D eigenvalue weighted by atomic mass is 79.9. The second kappa shape index (κ2) is 11.5. The lowest BCUT2D eigenvalue weighted by molar-refractivity contribution is -0.479. The zero-order valence-corrected chi connectivity index (χ0v) is 21.8. The Morgan fingerprint density at radius 3 is 2.58 bits per heavy atom. The van der Waals surface area contributed by atoms with Gasteiger partial charge in [-0.2, -0.15) is 0 Å². The maximum Gasteiger partial charge on any atom is 0.220 e. The van der Waals surface area contributed by atoms with Gasteiger partial charge in [0, 0.05) is 26.2 Å². The molecule has 0 aliphatic rings. The fraction of sp³-hybridized carbons (Fsp3) is 0.200. The third kappa shape index (κ3) is 6.03. The van der Waals surface area contributed by atoms with Crippen molar-refractivity contribution in [2.24, 2.45) is 0 Å². The van der Waals surface area contributed by atoms with Gasteiger partial charge in [0.05, 0.1) is 7.11 Å². The summed E-state index contributed by atoms with van der Waals surface area (Å²) in [5.74, 6) is 1.38. The molecule has 3 aromatic carbocycles. The predicted octanol–water partition coefficient (Wildman–Crippen LogP) is 6.18. The third-order valence-electron chi connectivity index (χ3n) is 5.35. The molecule has 0 amide bonds. The molecule has 1 heterocycles. The third-order valence-corrected chi connectivity index (χ3v) is 7.00. The van der Waals surface area contributed by atoms with Crippen LogP contribution in [-0.2, 0) is 6.61 Å². The smallest absolute Gasteiger partial charge is 0.220 e. The van der Waals surface area contributed by atoms with Gasteiger partial charge in [0.2, 0.25) is 6.54 Å². The van der Waals surface area contributed by atoms with Gasteiger partial charge in [0.15, 0.2) is 5.16 Å². The summed E-state index contributed by atoms with van der Waals surface area (Å²) in [5.41, 5.74) is 1.77. The van der Waals surface area contributed by atoms with Gasteiger partial charge in [0.1, 0.15) is 35.0 Å². The van der Waals surface area contributed by atoms with E-state index in [1.54, 1.807) is 43.5 Å². The summed E-state index contributed by atoms with van der Waals surface area (Å²) in [6.45, 7) is 1.41. The van der Waals surface area contributed by atoms with Crippen molar-refractivity contribution in [3.63, 3.8) is 0 Å². The van der Waals surface area contributed by atoms with E-state index in [1.807, 2.05) is 35.8 Å². The largest absolute Gasteiger partial charge is 0.497 e. The van der Waals surface area contributed by atoms with Crippen LogP contribution < -0.4 is 9.47 Å². The van der Waals surface area contributed by atoms with Gasteiger partial charge < -0.3 is 9.47 Å². The molecule has 0 aliphatic heterocycles. The van der Waals surface area contributed by atoms with Crippen molar-refractivity contribution in [3.8, 4) is 17.2 Å². The van der Waals surface area contributed by atoms with E-state index in [9.17, 15) is 14.5 Å². The normalized spacial score (nSPS) is 11.8. The molecule has 11 heteroatoms. The molecule has 0 bridgehead atoms. The minimum atomic E-state index is -0.659. The topological polar surface area (TPSA) is 92.3 Å². The van der Waals surface area contributed by atoms with Crippen LogP contribution in [0.3, 0.4) is 0 Å². The Morgan fingerprint density at radius 1 is 1.14 bits per heavy atom. The Bertz CT molecular complexity index is 1370. The Hall–Kier alpha value is -3.44. The first-order chi connectivity index (χ1) is 17.4. The van der Waals surface area contributed by atoms with Gasteiger partial charge in [0.25, 0.3) is 0 Å². The summed E-state index contributed by atoms with van der Waals surface area (Å²) in [6, 6.07) is 19.0. The number of thioether (sulfide) groups is 1. The minimum Gasteiger partial charge on any atom is -0.497 e. The van der Waals surface area contributed by atoms with Crippen LogP contribution in [0.15, 0.2) is 76.4 Å². The summed E-state index contributed by atoms with van der Waals surface area (Å²) < 4.78 is 27.9. The molecule has 4 aromatic rings. The van der Waals surface area contributed by atoms with Crippen LogP contribution >= 0.6 is 27.7 Å². The number of nitro groups is 1. The highest BCUT2D eigenvalue weighted by Gasteiger charge is 2.27. The monoisotopic (exact) mass is 572 g/mol. The standard InChI is InChI=1S/C25H22BrFN4O4S/c1-16-28-29-25(31(16)19-8-10-20(34-2)11-9-19)36-24(14-30(32)33)21-13-18(26)7-12-23(21)35-15-17-5-3-4-6-22(17)27/h3-13,24H,14-15H2,1-2H3/t24-/m1/s1. The molecule has 0 saturated carbocycles. The summed E-state index contributed by atoms with van der Waals surface area (Å²) in [7, 11) is 1.59. The molecular formula is C25H22BrFN4O4S. The zero-order valence-electron chi connectivity index (χ0n) is 19.4.